The Labute approximate surface area is 157 Å². The summed E-state index contributed by atoms with van der Waals surface area (Å²) in [4.78, 5) is 27.3. The van der Waals surface area contributed by atoms with Crippen molar-refractivity contribution in [2.75, 3.05) is 16.8 Å². The summed E-state index contributed by atoms with van der Waals surface area (Å²) >= 11 is 12.2. The molecular formula is C19H20Cl2N2O2. The average molecular weight is 379 g/mol. The van der Waals surface area contributed by atoms with Crippen LogP contribution >= 0.6 is 23.2 Å². The van der Waals surface area contributed by atoms with Crippen LogP contribution in [0.4, 0.5) is 11.4 Å². The van der Waals surface area contributed by atoms with E-state index in [-0.39, 0.29) is 5.91 Å². The summed E-state index contributed by atoms with van der Waals surface area (Å²) in [7, 11) is 0. The largest absolute Gasteiger partial charge is 0.323 e. The van der Waals surface area contributed by atoms with Gasteiger partial charge in [-0.3, -0.25) is 9.59 Å². The van der Waals surface area contributed by atoms with Gasteiger partial charge in [0.1, 0.15) is 5.41 Å². The summed E-state index contributed by atoms with van der Waals surface area (Å²) in [6, 6.07) is 14.2. The summed E-state index contributed by atoms with van der Waals surface area (Å²) in [5, 5.41) is 3.32. The molecule has 6 heteroatoms. The van der Waals surface area contributed by atoms with Gasteiger partial charge >= 0.3 is 0 Å². The van der Waals surface area contributed by atoms with Crippen LogP contribution in [0.5, 0.6) is 0 Å². The van der Waals surface area contributed by atoms with E-state index in [0.29, 0.717) is 22.3 Å². The van der Waals surface area contributed by atoms with Crippen LogP contribution in [0.15, 0.2) is 48.5 Å². The highest BCUT2D eigenvalue weighted by Gasteiger charge is 2.39. The summed E-state index contributed by atoms with van der Waals surface area (Å²) in [5.74, 6) is -0.774. The molecule has 0 aliphatic rings. The molecule has 0 saturated carbocycles. The van der Waals surface area contributed by atoms with Gasteiger partial charge in [0.05, 0.1) is 15.7 Å². The van der Waals surface area contributed by atoms with Crippen LogP contribution in [0.2, 0.25) is 10.0 Å². The lowest BCUT2D eigenvalue weighted by atomic mass is 9.89. The van der Waals surface area contributed by atoms with E-state index in [1.165, 1.54) is 0 Å². The van der Waals surface area contributed by atoms with Crippen LogP contribution in [0.1, 0.15) is 20.8 Å². The van der Waals surface area contributed by atoms with Crippen LogP contribution in [0, 0.1) is 5.41 Å². The van der Waals surface area contributed by atoms with E-state index >= 15 is 0 Å². The van der Waals surface area contributed by atoms with Crippen molar-refractivity contribution < 1.29 is 9.59 Å². The van der Waals surface area contributed by atoms with Crippen LogP contribution in [0.3, 0.4) is 0 Å². The molecular weight excluding hydrogens is 359 g/mol. The number of amides is 2. The third-order valence-electron chi connectivity index (χ3n) is 3.93. The van der Waals surface area contributed by atoms with Gasteiger partial charge in [-0.2, -0.15) is 0 Å². The zero-order chi connectivity index (χ0) is 18.6. The van der Waals surface area contributed by atoms with Crippen molar-refractivity contribution in [3.8, 4) is 0 Å². The summed E-state index contributed by atoms with van der Waals surface area (Å²) in [6.45, 7) is 5.48. The monoisotopic (exact) mass is 378 g/mol. The van der Waals surface area contributed by atoms with Crippen LogP contribution in [-0.4, -0.2) is 18.4 Å². The predicted molar refractivity (Wildman–Crippen MR) is 103 cm³/mol. The fraction of sp³-hybridized carbons (Fsp3) is 0.263. The lowest BCUT2D eigenvalue weighted by molar-refractivity contribution is -0.136. The quantitative estimate of drug-likeness (QED) is 0.743. The maximum Gasteiger partial charge on any atom is 0.242 e. The van der Waals surface area contributed by atoms with Crippen molar-refractivity contribution >= 4 is 46.4 Å². The van der Waals surface area contributed by atoms with Crippen molar-refractivity contribution in [1.82, 2.24) is 0 Å². The molecule has 2 rings (SSSR count). The smallest absolute Gasteiger partial charge is 0.242 e. The van der Waals surface area contributed by atoms with Crippen molar-refractivity contribution in [3.63, 3.8) is 0 Å². The molecule has 0 saturated heterocycles. The fourth-order valence-electron chi connectivity index (χ4n) is 2.37. The number of hydrogen-bond acceptors (Lipinski definition) is 2. The van der Waals surface area contributed by atoms with Gasteiger partial charge in [0.15, 0.2) is 0 Å². The summed E-state index contributed by atoms with van der Waals surface area (Å²) < 4.78 is 0. The number of rotatable bonds is 5. The molecule has 25 heavy (non-hydrogen) atoms. The Morgan fingerprint density at radius 1 is 1.00 bits per heavy atom. The molecule has 0 bridgehead atoms. The molecule has 0 fully saturated rings. The van der Waals surface area contributed by atoms with Gasteiger partial charge in [-0.15, -0.1) is 0 Å². The fourth-order valence-corrected chi connectivity index (χ4v) is 2.86. The second-order valence-electron chi connectivity index (χ2n) is 6.06. The highest BCUT2D eigenvalue weighted by atomic mass is 35.5. The number of hydrogen-bond donors (Lipinski definition) is 1. The molecule has 132 valence electrons. The Morgan fingerprint density at radius 3 is 2.08 bits per heavy atom. The average Bonchev–Trinajstić information content (AvgIpc) is 2.59. The molecule has 0 aliphatic carbocycles. The molecule has 0 aliphatic heterocycles. The predicted octanol–water partition coefficient (Wildman–Crippen LogP) is 5.01. The highest BCUT2D eigenvalue weighted by molar-refractivity contribution is 6.40. The van der Waals surface area contributed by atoms with Crippen LogP contribution in [0.25, 0.3) is 0 Å². The van der Waals surface area contributed by atoms with E-state index < -0.39 is 11.3 Å². The molecule has 0 heterocycles. The van der Waals surface area contributed by atoms with Gasteiger partial charge in [-0.1, -0.05) is 47.5 Å². The minimum atomic E-state index is -1.30. The van der Waals surface area contributed by atoms with Gasteiger partial charge in [-0.05, 0) is 45.0 Å². The maximum atomic E-state index is 13.0. The molecule has 1 N–H and O–H groups in total. The molecule has 0 spiro atoms. The number of carbonyl (C=O) groups excluding carboxylic acids is 2. The lowest BCUT2D eigenvalue weighted by Crippen LogP contribution is -2.47. The van der Waals surface area contributed by atoms with Crippen molar-refractivity contribution in [1.29, 1.82) is 0 Å². The Hall–Kier alpha value is -2.04. The molecule has 2 amide bonds. The summed E-state index contributed by atoms with van der Waals surface area (Å²) in [6.07, 6.45) is 0. The van der Waals surface area contributed by atoms with Crippen LogP contribution < -0.4 is 10.2 Å². The molecule has 0 atom stereocenters. The minimum absolute atomic E-state index is 0.304. The highest BCUT2D eigenvalue weighted by Crippen LogP contribution is 2.32. The summed E-state index contributed by atoms with van der Waals surface area (Å²) in [5.41, 5.74) is -0.250. The standard InChI is InChI=1S/C19H20Cl2N2O2/c1-4-23(13-9-6-5-7-10-13)18(25)19(2,3)17(24)22-16-14(20)11-8-12-15(16)21/h5-12H,4H2,1-3H3,(H,22,24). The first-order chi connectivity index (χ1) is 11.8. The number of benzene rings is 2. The SMILES string of the molecule is CCN(C(=O)C(C)(C)C(=O)Nc1c(Cl)cccc1Cl)c1ccccc1. The van der Waals surface area contributed by atoms with Crippen molar-refractivity contribution in [3.05, 3.63) is 58.6 Å². The van der Waals surface area contributed by atoms with E-state index in [9.17, 15) is 9.59 Å². The maximum absolute atomic E-state index is 13.0. The number of halogens is 2. The zero-order valence-electron chi connectivity index (χ0n) is 14.3. The Balaban J connectivity index is 2.27. The lowest BCUT2D eigenvalue weighted by Gasteiger charge is -2.30. The zero-order valence-corrected chi connectivity index (χ0v) is 15.9. The van der Waals surface area contributed by atoms with E-state index in [2.05, 4.69) is 5.32 Å². The van der Waals surface area contributed by atoms with E-state index in [1.807, 2.05) is 37.3 Å². The normalized spacial score (nSPS) is 11.1. The first-order valence-corrected chi connectivity index (χ1v) is 8.67. The first kappa shape index (κ1) is 19.3. The van der Waals surface area contributed by atoms with Crippen molar-refractivity contribution in [2.45, 2.75) is 20.8 Å². The second kappa shape index (κ2) is 7.89. The van der Waals surface area contributed by atoms with Gasteiger partial charge < -0.3 is 10.2 Å². The molecule has 0 radical (unpaired) electrons. The van der Waals surface area contributed by atoms with E-state index in [1.54, 1.807) is 36.9 Å². The molecule has 2 aromatic rings. The third-order valence-corrected chi connectivity index (χ3v) is 4.56. The number of carbonyl (C=O) groups is 2. The van der Waals surface area contributed by atoms with Gasteiger partial charge in [0.25, 0.3) is 0 Å². The van der Waals surface area contributed by atoms with Gasteiger partial charge in [0.2, 0.25) is 11.8 Å². The second-order valence-corrected chi connectivity index (χ2v) is 6.88. The van der Waals surface area contributed by atoms with E-state index in [4.69, 9.17) is 23.2 Å². The first-order valence-electron chi connectivity index (χ1n) is 7.91. The molecule has 0 aromatic heterocycles. The molecule has 4 nitrogen and oxygen atoms in total. The van der Waals surface area contributed by atoms with Crippen LogP contribution in [-0.2, 0) is 9.59 Å². The van der Waals surface area contributed by atoms with Gasteiger partial charge in [-0.25, -0.2) is 0 Å². The molecule has 2 aromatic carbocycles. The van der Waals surface area contributed by atoms with Crippen molar-refractivity contribution in [2.24, 2.45) is 5.41 Å². The Morgan fingerprint density at radius 2 is 1.56 bits per heavy atom. The number of anilines is 2. The number of nitrogens with one attached hydrogen (secondary N) is 1. The number of para-hydroxylation sites is 2. The topological polar surface area (TPSA) is 49.4 Å². The Bertz CT molecular complexity index is 756. The Kier molecular flexibility index (Phi) is 6.09. The van der Waals surface area contributed by atoms with E-state index in [0.717, 1.165) is 5.69 Å². The number of nitrogens with zero attached hydrogens (tertiary/aromatic N) is 1. The third kappa shape index (κ3) is 4.14. The minimum Gasteiger partial charge on any atom is -0.323 e. The van der Waals surface area contributed by atoms with Gasteiger partial charge in [0, 0.05) is 12.2 Å². The molecule has 0 unspecified atom stereocenters.